The third-order valence-corrected chi connectivity index (χ3v) is 1.97. The molecule has 1 rings (SSSR count). The third-order valence-electron chi connectivity index (χ3n) is 1.97. The van der Waals surface area contributed by atoms with Gasteiger partial charge < -0.3 is 15.7 Å². The van der Waals surface area contributed by atoms with E-state index in [4.69, 9.17) is 10.8 Å². The van der Waals surface area contributed by atoms with Crippen LogP contribution in [-0.2, 0) is 4.79 Å². The normalized spacial score (nSPS) is 21.9. The maximum Gasteiger partial charge on any atom is 0.321 e. The van der Waals surface area contributed by atoms with Crippen molar-refractivity contribution in [3.63, 3.8) is 0 Å². The molecule has 1 saturated heterocycles. The van der Waals surface area contributed by atoms with Crippen molar-refractivity contribution in [1.82, 2.24) is 4.90 Å². The highest BCUT2D eigenvalue weighted by molar-refractivity contribution is 5.73. The predicted octanol–water partition coefficient (Wildman–Crippen LogP) is -0.506. The molecule has 0 amide bonds. The molecule has 0 aromatic carbocycles. The van der Waals surface area contributed by atoms with Gasteiger partial charge in [-0.05, 0) is 25.9 Å². The minimum absolute atomic E-state index is 0.495. The van der Waals surface area contributed by atoms with Crippen molar-refractivity contribution < 1.29 is 9.90 Å². The van der Waals surface area contributed by atoms with E-state index < -0.39 is 12.0 Å². The first-order valence-corrected chi connectivity index (χ1v) is 3.91. The minimum Gasteiger partial charge on any atom is -0.480 e. The number of nitrogens with two attached hydrogens (primary N) is 1. The van der Waals surface area contributed by atoms with Gasteiger partial charge in [0, 0.05) is 6.54 Å². The summed E-state index contributed by atoms with van der Waals surface area (Å²) in [6, 6.07) is -0.715. The zero-order valence-corrected chi connectivity index (χ0v) is 6.49. The summed E-state index contributed by atoms with van der Waals surface area (Å²) in [6.07, 6.45) is 2.35. The maximum absolute atomic E-state index is 10.3. The van der Waals surface area contributed by atoms with Crippen LogP contribution in [0.15, 0.2) is 0 Å². The van der Waals surface area contributed by atoms with E-state index in [0.29, 0.717) is 6.54 Å². The molecule has 4 heteroatoms. The van der Waals surface area contributed by atoms with Crippen LogP contribution in [-0.4, -0.2) is 41.7 Å². The van der Waals surface area contributed by atoms with Crippen LogP contribution in [0.1, 0.15) is 12.8 Å². The Morgan fingerprint density at radius 1 is 1.55 bits per heavy atom. The summed E-state index contributed by atoms with van der Waals surface area (Å²) < 4.78 is 0. The van der Waals surface area contributed by atoms with E-state index in [9.17, 15) is 4.79 Å². The summed E-state index contributed by atoms with van der Waals surface area (Å²) in [5, 5.41) is 8.49. The first-order chi connectivity index (χ1) is 5.20. The van der Waals surface area contributed by atoms with Crippen LogP contribution in [0.2, 0.25) is 0 Å². The molecule has 1 fully saturated rings. The average molecular weight is 158 g/mol. The highest BCUT2D eigenvalue weighted by atomic mass is 16.4. The lowest BCUT2D eigenvalue weighted by Crippen LogP contribution is -2.41. The summed E-state index contributed by atoms with van der Waals surface area (Å²) in [5.74, 6) is -0.906. The molecule has 0 aromatic rings. The number of nitrogens with zero attached hydrogens (tertiary/aromatic N) is 1. The van der Waals surface area contributed by atoms with E-state index in [1.54, 1.807) is 0 Å². The van der Waals surface area contributed by atoms with Gasteiger partial charge in [-0.2, -0.15) is 0 Å². The van der Waals surface area contributed by atoms with Gasteiger partial charge in [-0.25, -0.2) is 0 Å². The van der Waals surface area contributed by atoms with Gasteiger partial charge in [-0.3, -0.25) is 4.79 Å². The Labute approximate surface area is 66.0 Å². The molecular formula is C7H14N2O2. The van der Waals surface area contributed by atoms with Crippen LogP contribution in [0.25, 0.3) is 0 Å². The zero-order valence-electron chi connectivity index (χ0n) is 6.49. The van der Waals surface area contributed by atoms with E-state index in [0.717, 1.165) is 13.1 Å². The quantitative estimate of drug-likeness (QED) is 0.580. The number of hydrogen-bond acceptors (Lipinski definition) is 3. The Kier molecular flexibility index (Phi) is 2.84. The van der Waals surface area contributed by atoms with Crippen LogP contribution >= 0.6 is 0 Å². The van der Waals surface area contributed by atoms with Crippen molar-refractivity contribution in [3.8, 4) is 0 Å². The molecule has 0 bridgehead atoms. The Hall–Kier alpha value is -0.610. The maximum atomic E-state index is 10.3. The molecule has 0 aromatic heterocycles. The Bertz CT molecular complexity index is 143. The Morgan fingerprint density at radius 2 is 2.09 bits per heavy atom. The molecule has 1 aliphatic rings. The minimum atomic E-state index is -0.906. The molecule has 0 spiro atoms. The largest absolute Gasteiger partial charge is 0.480 e. The van der Waals surface area contributed by atoms with Crippen molar-refractivity contribution in [1.29, 1.82) is 0 Å². The van der Waals surface area contributed by atoms with Crippen molar-refractivity contribution in [3.05, 3.63) is 0 Å². The van der Waals surface area contributed by atoms with Crippen LogP contribution in [0, 0.1) is 0 Å². The molecule has 0 saturated carbocycles. The molecule has 1 atom stereocenters. The fraction of sp³-hybridized carbons (Fsp3) is 0.857. The van der Waals surface area contributed by atoms with Gasteiger partial charge >= 0.3 is 5.97 Å². The molecule has 0 aliphatic carbocycles. The number of carboxylic acids is 1. The molecule has 3 N–H and O–H groups in total. The first kappa shape index (κ1) is 8.49. The van der Waals surface area contributed by atoms with Gasteiger partial charge in [0.15, 0.2) is 0 Å². The number of likely N-dealkylation sites (tertiary alicyclic amines) is 1. The van der Waals surface area contributed by atoms with E-state index in [1.807, 2.05) is 0 Å². The number of hydrogen-bond donors (Lipinski definition) is 2. The van der Waals surface area contributed by atoms with Crippen molar-refractivity contribution in [2.45, 2.75) is 18.9 Å². The monoisotopic (exact) mass is 158 g/mol. The second kappa shape index (κ2) is 3.69. The zero-order chi connectivity index (χ0) is 8.27. The lowest BCUT2D eigenvalue weighted by molar-refractivity contribution is -0.138. The van der Waals surface area contributed by atoms with Crippen molar-refractivity contribution >= 4 is 5.97 Å². The molecule has 0 radical (unpaired) electrons. The third kappa shape index (κ3) is 2.48. The SMILES string of the molecule is N[C@@H](CN1CCCC1)C(=O)O. The summed E-state index contributed by atoms with van der Waals surface area (Å²) in [4.78, 5) is 12.4. The van der Waals surface area contributed by atoms with E-state index in [-0.39, 0.29) is 0 Å². The number of rotatable bonds is 3. The number of aliphatic carboxylic acids is 1. The second-order valence-electron chi connectivity index (χ2n) is 2.95. The molecule has 0 unspecified atom stereocenters. The van der Waals surface area contributed by atoms with Crippen LogP contribution < -0.4 is 5.73 Å². The van der Waals surface area contributed by atoms with Crippen LogP contribution in [0.3, 0.4) is 0 Å². The van der Waals surface area contributed by atoms with Crippen LogP contribution in [0.4, 0.5) is 0 Å². The van der Waals surface area contributed by atoms with Crippen molar-refractivity contribution in [2.24, 2.45) is 5.73 Å². The molecule has 1 aliphatic heterocycles. The lowest BCUT2D eigenvalue weighted by Gasteiger charge is -2.16. The van der Waals surface area contributed by atoms with Gasteiger partial charge in [-0.1, -0.05) is 0 Å². The summed E-state index contributed by atoms with van der Waals surface area (Å²) in [6.45, 7) is 2.50. The fourth-order valence-electron chi connectivity index (χ4n) is 1.32. The first-order valence-electron chi connectivity index (χ1n) is 3.91. The Balaban J connectivity index is 2.23. The number of carbonyl (C=O) groups is 1. The van der Waals surface area contributed by atoms with Crippen molar-refractivity contribution in [2.75, 3.05) is 19.6 Å². The van der Waals surface area contributed by atoms with Gasteiger partial charge in [0.1, 0.15) is 6.04 Å². The average Bonchev–Trinajstić information content (AvgIpc) is 2.39. The smallest absolute Gasteiger partial charge is 0.321 e. The fourth-order valence-corrected chi connectivity index (χ4v) is 1.32. The topological polar surface area (TPSA) is 66.6 Å². The van der Waals surface area contributed by atoms with E-state index >= 15 is 0 Å². The van der Waals surface area contributed by atoms with Gasteiger partial charge in [0.05, 0.1) is 0 Å². The highest BCUT2D eigenvalue weighted by Crippen LogP contribution is 2.06. The van der Waals surface area contributed by atoms with Gasteiger partial charge in [0.2, 0.25) is 0 Å². The summed E-state index contributed by atoms with van der Waals surface area (Å²) >= 11 is 0. The van der Waals surface area contributed by atoms with Crippen LogP contribution in [0.5, 0.6) is 0 Å². The molecule has 11 heavy (non-hydrogen) atoms. The van der Waals surface area contributed by atoms with Gasteiger partial charge in [-0.15, -0.1) is 0 Å². The van der Waals surface area contributed by atoms with Gasteiger partial charge in [0.25, 0.3) is 0 Å². The molecule has 4 nitrogen and oxygen atoms in total. The van der Waals surface area contributed by atoms with E-state index in [2.05, 4.69) is 4.90 Å². The highest BCUT2D eigenvalue weighted by Gasteiger charge is 2.18. The summed E-state index contributed by atoms with van der Waals surface area (Å²) in [5.41, 5.74) is 5.36. The lowest BCUT2D eigenvalue weighted by atomic mass is 10.3. The molecular weight excluding hydrogens is 144 g/mol. The predicted molar refractivity (Wildman–Crippen MR) is 41.3 cm³/mol. The summed E-state index contributed by atoms with van der Waals surface area (Å²) in [7, 11) is 0. The molecule has 64 valence electrons. The Morgan fingerprint density at radius 3 is 2.55 bits per heavy atom. The standard InChI is InChI=1S/C7H14N2O2/c8-6(7(10)11)5-9-3-1-2-4-9/h6H,1-5,8H2,(H,10,11)/t6-/m0/s1. The second-order valence-corrected chi connectivity index (χ2v) is 2.95. The van der Waals surface area contributed by atoms with E-state index in [1.165, 1.54) is 12.8 Å². The molecule has 1 heterocycles. The number of carboxylic acid groups (broad SMARTS) is 1.